The average Bonchev–Trinajstić information content (AvgIpc) is 2.98. The molecule has 5 heteroatoms. The summed E-state index contributed by atoms with van der Waals surface area (Å²) in [6.07, 6.45) is -0.974. The molecule has 0 aromatic heterocycles. The number of aliphatic hydroxyl groups is 1. The summed E-state index contributed by atoms with van der Waals surface area (Å²) >= 11 is 0. The van der Waals surface area contributed by atoms with Crippen molar-refractivity contribution in [1.82, 2.24) is 5.06 Å². The Morgan fingerprint density at radius 2 is 1.25 bits per heavy atom. The Kier molecular flexibility index (Phi) is 4.55. The van der Waals surface area contributed by atoms with Crippen LogP contribution in [0.25, 0.3) is 0 Å². The summed E-state index contributed by atoms with van der Waals surface area (Å²) in [5.41, 5.74) is 0.350. The van der Waals surface area contributed by atoms with Crippen molar-refractivity contribution in [2.24, 2.45) is 0 Å². The molecule has 0 aliphatic carbocycles. The van der Waals surface area contributed by atoms with Gasteiger partial charge < -0.3 is 5.11 Å². The lowest BCUT2D eigenvalue weighted by molar-refractivity contribution is -0.201. The van der Waals surface area contributed by atoms with Gasteiger partial charge in [0.25, 0.3) is 11.8 Å². The molecule has 0 spiro atoms. The number of hydrogen-bond acceptors (Lipinski definition) is 4. The van der Waals surface area contributed by atoms with Crippen LogP contribution in [0.1, 0.15) is 44.9 Å². The van der Waals surface area contributed by atoms with Crippen LogP contribution in [0.4, 0.5) is 0 Å². The van der Waals surface area contributed by atoms with Gasteiger partial charge in [0.05, 0.1) is 11.1 Å². The van der Waals surface area contributed by atoms with Crippen LogP contribution >= 0.6 is 0 Å². The average molecular weight is 373 g/mol. The molecular weight excluding hydrogens is 354 g/mol. The normalized spacial score (nSPS) is 16.6. The van der Waals surface area contributed by atoms with E-state index in [1.54, 1.807) is 55.5 Å². The number of amides is 2. The Labute approximate surface area is 162 Å². The van der Waals surface area contributed by atoms with E-state index in [2.05, 4.69) is 0 Å². The molecule has 0 saturated carbocycles. The molecule has 28 heavy (non-hydrogen) atoms. The first kappa shape index (κ1) is 18.1. The molecule has 1 aliphatic heterocycles. The molecule has 140 valence electrons. The number of fused-ring (bicyclic) bond motifs is 1. The fourth-order valence-corrected chi connectivity index (χ4v) is 3.41. The van der Waals surface area contributed by atoms with Crippen LogP contribution in [0.2, 0.25) is 0 Å². The van der Waals surface area contributed by atoms with E-state index in [0.29, 0.717) is 22.3 Å². The third kappa shape index (κ3) is 3.01. The quantitative estimate of drug-likeness (QED) is 0.690. The number of hydrogen-bond donors (Lipinski definition) is 1. The van der Waals surface area contributed by atoms with Crippen molar-refractivity contribution in [3.8, 4) is 0 Å². The van der Waals surface area contributed by atoms with E-state index >= 15 is 0 Å². The molecule has 5 nitrogen and oxygen atoms in total. The smallest absolute Gasteiger partial charge is 0.285 e. The van der Waals surface area contributed by atoms with E-state index < -0.39 is 23.5 Å². The van der Waals surface area contributed by atoms with E-state index in [1.807, 2.05) is 36.4 Å². The maximum atomic E-state index is 12.7. The number of hydroxylamine groups is 2. The zero-order valence-electron chi connectivity index (χ0n) is 15.3. The minimum Gasteiger partial charge on any atom is -0.382 e. The van der Waals surface area contributed by atoms with Crippen molar-refractivity contribution >= 4 is 11.8 Å². The molecule has 1 N–H and O–H groups in total. The van der Waals surface area contributed by atoms with E-state index in [1.165, 1.54) is 0 Å². The fourth-order valence-electron chi connectivity index (χ4n) is 3.41. The van der Waals surface area contributed by atoms with Crippen molar-refractivity contribution in [3.05, 3.63) is 107 Å². The van der Waals surface area contributed by atoms with Crippen LogP contribution in [0.15, 0.2) is 84.9 Å². The molecule has 0 saturated heterocycles. The molecule has 3 aromatic carbocycles. The van der Waals surface area contributed by atoms with E-state index in [-0.39, 0.29) is 0 Å². The number of benzene rings is 3. The maximum absolute atomic E-state index is 12.7. The van der Waals surface area contributed by atoms with Gasteiger partial charge in [-0.2, -0.15) is 0 Å². The summed E-state index contributed by atoms with van der Waals surface area (Å²) in [4.78, 5) is 31.4. The van der Waals surface area contributed by atoms with Crippen LogP contribution in [-0.2, 0) is 10.4 Å². The summed E-state index contributed by atoms with van der Waals surface area (Å²) in [7, 11) is 0. The van der Waals surface area contributed by atoms with Gasteiger partial charge in [-0.1, -0.05) is 72.8 Å². The lowest BCUT2D eigenvalue weighted by atomic mass is 9.86. The summed E-state index contributed by atoms with van der Waals surface area (Å²) in [6, 6.07) is 24.7. The first-order valence-electron chi connectivity index (χ1n) is 8.97. The highest BCUT2D eigenvalue weighted by molar-refractivity contribution is 6.20. The predicted molar refractivity (Wildman–Crippen MR) is 103 cm³/mol. The highest BCUT2D eigenvalue weighted by Crippen LogP contribution is 2.39. The summed E-state index contributed by atoms with van der Waals surface area (Å²) < 4.78 is 0. The predicted octanol–water partition coefficient (Wildman–Crippen LogP) is 3.86. The number of rotatable bonds is 5. The number of carbonyl (C=O) groups excluding carboxylic acids is 2. The standard InChI is InChI=1S/C23H19NO4/c1-23(27,17-12-6-3-7-13-17)20(16-10-4-2-5-11-16)28-24-21(25)18-14-8-9-15-19(18)22(24)26/h2-15,20,27H,1H3. The van der Waals surface area contributed by atoms with Gasteiger partial charge >= 0.3 is 0 Å². The Morgan fingerprint density at radius 3 is 1.79 bits per heavy atom. The molecule has 2 unspecified atom stereocenters. The molecule has 2 atom stereocenters. The Hall–Kier alpha value is -3.28. The summed E-state index contributed by atoms with van der Waals surface area (Å²) in [5, 5.41) is 12.1. The van der Waals surface area contributed by atoms with Crippen molar-refractivity contribution in [2.45, 2.75) is 18.6 Å². The summed E-state index contributed by atoms with van der Waals surface area (Å²) in [5.74, 6) is -1.07. The molecule has 4 rings (SSSR count). The van der Waals surface area contributed by atoms with Crippen molar-refractivity contribution in [2.75, 3.05) is 0 Å². The van der Waals surface area contributed by atoms with Crippen molar-refractivity contribution < 1.29 is 19.5 Å². The lowest BCUT2D eigenvalue weighted by Gasteiger charge is -2.35. The highest BCUT2D eigenvalue weighted by atomic mass is 16.7. The van der Waals surface area contributed by atoms with Gasteiger partial charge in [-0.05, 0) is 30.2 Å². The largest absolute Gasteiger partial charge is 0.382 e. The van der Waals surface area contributed by atoms with Crippen LogP contribution in [0, 0.1) is 0 Å². The van der Waals surface area contributed by atoms with Crippen LogP contribution in [-0.4, -0.2) is 22.0 Å². The molecular formula is C23H19NO4. The molecule has 0 bridgehead atoms. The molecule has 0 radical (unpaired) electrons. The van der Waals surface area contributed by atoms with Crippen molar-refractivity contribution in [1.29, 1.82) is 0 Å². The molecule has 0 fully saturated rings. The molecule has 3 aromatic rings. The topological polar surface area (TPSA) is 66.8 Å². The monoisotopic (exact) mass is 373 g/mol. The SMILES string of the molecule is CC(O)(c1ccccc1)C(ON1C(=O)c2ccccc2C1=O)c1ccccc1. The molecule has 1 aliphatic rings. The Balaban J connectivity index is 1.74. The maximum Gasteiger partial charge on any atom is 0.285 e. The first-order chi connectivity index (χ1) is 13.5. The van der Waals surface area contributed by atoms with Gasteiger partial charge in [0, 0.05) is 0 Å². The van der Waals surface area contributed by atoms with E-state index in [0.717, 1.165) is 5.06 Å². The molecule has 2 amide bonds. The molecule has 1 heterocycles. The second-order valence-corrected chi connectivity index (χ2v) is 6.86. The van der Waals surface area contributed by atoms with Gasteiger partial charge in [-0.15, -0.1) is 5.06 Å². The van der Waals surface area contributed by atoms with Crippen LogP contribution < -0.4 is 0 Å². The minimum atomic E-state index is -1.49. The van der Waals surface area contributed by atoms with Crippen LogP contribution in [0.5, 0.6) is 0 Å². The van der Waals surface area contributed by atoms with E-state index in [9.17, 15) is 14.7 Å². The second kappa shape index (κ2) is 7.03. The number of carbonyl (C=O) groups is 2. The minimum absolute atomic E-state index is 0.290. The summed E-state index contributed by atoms with van der Waals surface area (Å²) in [6.45, 7) is 1.61. The van der Waals surface area contributed by atoms with Gasteiger partial charge in [0.15, 0.2) is 0 Å². The van der Waals surface area contributed by atoms with Crippen LogP contribution in [0.3, 0.4) is 0 Å². The van der Waals surface area contributed by atoms with E-state index in [4.69, 9.17) is 4.84 Å². The van der Waals surface area contributed by atoms with Crippen molar-refractivity contribution in [3.63, 3.8) is 0 Å². The zero-order valence-corrected chi connectivity index (χ0v) is 15.3. The number of imide groups is 1. The van der Waals surface area contributed by atoms with Gasteiger partial charge in [-0.3, -0.25) is 14.4 Å². The van der Waals surface area contributed by atoms with Gasteiger partial charge in [0.2, 0.25) is 0 Å². The highest BCUT2D eigenvalue weighted by Gasteiger charge is 2.43. The number of nitrogens with zero attached hydrogens (tertiary/aromatic N) is 1. The third-order valence-electron chi connectivity index (χ3n) is 4.94. The lowest BCUT2D eigenvalue weighted by Crippen LogP contribution is -2.39. The Bertz CT molecular complexity index is 980. The third-order valence-corrected chi connectivity index (χ3v) is 4.94. The van der Waals surface area contributed by atoms with Gasteiger partial charge in [-0.25, -0.2) is 0 Å². The fraction of sp³-hybridized carbons (Fsp3) is 0.130. The van der Waals surface area contributed by atoms with Gasteiger partial charge in [0.1, 0.15) is 11.7 Å². The Morgan fingerprint density at radius 1 is 0.786 bits per heavy atom. The first-order valence-corrected chi connectivity index (χ1v) is 8.97. The second-order valence-electron chi connectivity index (χ2n) is 6.86. The zero-order chi connectivity index (χ0) is 19.7.